The number of aromatic amines is 1. The number of carbonyl (C=O) groups excluding carboxylic acids is 1. The number of anilines is 1. The van der Waals surface area contributed by atoms with Crippen molar-refractivity contribution in [2.75, 3.05) is 5.32 Å². The summed E-state index contributed by atoms with van der Waals surface area (Å²) >= 11 is 1.30. The Labute approximate surface area is 135 Å². The van der Waals surface area contributed by atoms with Gasteiger partial charge in [0.15, 0.2) is 5.13 Å². The highest BCUT2D eigenvalue weighted by Crippen LogP contribution is 2.24. The van der Waals surface area contributed by atoms with Crippen molar-refractivity contribution in [1.82, 2.24) is 9.97 Å². The summed E-state index contributed by atoms with van der Waals surface area (Å²) in [6.45, 7) is 0. The maximum Gasteiger partial charge on any atom is 0.273 e. The first-order valence-corrected chi connectivity index (χ1v) is 7.63. The molecule has 0 radical (unpaired) electrons. The van der Waals surface area contributed by atoms with Crippen LogP contribution in [0.15, 0.2) is 48.0 Å². The third kappa shape index (κ3) is 3.43. The van der Waals surface area contributed by atoms with Gasteiger partial charge in [-0.25, -0.2) is 4.98 Å². The van der Waals surface area contributed by atoms with Crippen LogP contribution in [-0.4, -0.2) is 20.8 Å². The number of H-pyrrole nitrogens is 1. The first kappa shape index (κ1) is 14.9. The number of amides is 1. The van der Waals surface area contributed by atoms with Crippen molar-refractivity contribution in [3.05, 3.63) is 63.7 Å². The minimum absolute atomic E-state index is 0.0612. The van der Waals surface area contributed by atoms with Crippen LogP contribution >= 0.6 is 11.3 Å². The Bertz CT molecular complexity index is 842. The number of aromatic nitrogens is 2. The van der Waals surface area contributed by atoms with Gasteiger partial charge in [0.2, 0.25) is 5.91 Å². The summed E-state index contributed by atoms with van der Waals surface area (Å²) in [6, 6.07) is 9.94. The molecular formula is C15H12N4O3S. The average molecular weight is 328 g/mol. The second-order valence-electron chi connectivity index (χ2n) is 4.73. The molecule has 0 aliphatic rings. The minimum Gasteiger partial charge on any atom is -0.360 e. The van der Waals surface area contributed by atoms with E-state index in [0.717, 1.165) is 11.4 Å². The zero-order valence-electron chi connectivity index (χ0n) is 11.9. The molecule has 2 aromatic heterocycles. The number of hydrogen-bond donors (Lipinski definition) is 2. The van der Waals surface area contributed by atoms with E-state index in [1.165, 1.54) is 17.4 Å². The maximum absolute atomic E-state index is 12.1. The van der Waals surface area contributed by atoms with E-state index in [1.54, 1.807) is 24.4 Å². The molecule has 3 rings (SSSR count). The van der Waals surface area contributed by atoms with Crippen molar-refractivity contribution in [2.24, 2.45) is 0 Å². The van der Waals surface area contributed by atoms with Crippen LogP contribution in [0.4, 0.5) is 10.8 Å². The van der Waals surface area contributed by atoms with Crippen LogP contribution in [-0.2, 0) is 11.2 Å². The molecule has 0 saturated carbocycles. The molecule has 1 amide bonds. The summed E-state index contributed by atoms with van der Waals surface area (Å²) in [5.41, 5.74) is 1.91. The van der Waals surface area contributed by atoms with Crippen LogP contribution in [0.5, 0.6) is 0 Å². The van der Waals surface area contributed by atoms with Crippen LogP contribution < -0.4 is 5.32 Å². The largest absolute Gasteiger partial charge is 0.360 e. The fraction of sp³-hybridized carbons (Fsp3) is 0.0667. The number of carbonyl (C=O) groups is 1. The lowest BCUT2D eigenvalue weighted by Gasteiger charge is -2.03. The van der Waals surface area contributed by atoms with Crippen molar-refractivity contribution in [1.29, 1.82) is 0 Å². The summed E-state index contributed by atoms with van der Waals surface area (Å²) in [7, 11) is 0. The predicted octanol–water partition coefficient (Wildman–Crippen LogP) is 3.23. The molecule has 1 aromatic carbocycles. The van der Waals surface area contributed by atoms with E-state index in [2.05, 4.69) is 15.3 Å². The molecule has 0 bridgehead atoms. The second kappa shape index (κ2) is 6.41. The molecule has 0 atom stereocenters. The number of para-hydroxylation sites is 1. The standard InChI is InChI=1S/C15H12N4O3S/c20-14(8-10-4-1-2-6-13(10)19(21)22)18-15-17-12(9-23-15)11-5-3-7-16-11/h1-7,9,16H,8H2,(H,17,18,20). The lowest BCUT2D eigenvalue weighted by atomic mass is 10.1. The summed E-state index contributed by atoms with van der Waals surface area (Å²) in [5.74, 6) is -0.341. The molecule has 0 aliphatic heterocycles. The van der Waals surface area contributed by atoms with Gasteiger partial charge < -0.3 is 10.3 Å². The first-order chi connectivity index (χ1) is 11.1. The Morgan fingerprint density at radius 2 is 2.13 bits per heavy atom. The zero-order chi connectivity index (χ0) is 16.2. The van der Waals surface area contributed by atoms with Crippen molar-refractivity contribution in [2.45, 2.75) is 6.42 Å². The Kier molecular flexibility index (Phi) is 4.15. The van der Waals surface area contributed by atoms with E-state index < -0.39 is 4.92 Å². The predicted molar refractivity (Wildman–Crippen MR) is 87.3 cm³/mol. The van der Waals surface area contributed by atoms with E-state index in [4.69, 9.17) is 0 Å². The van der Waals surface area contributed by atoms with Crippen molar-refractivity contribution in [3.8, 4) is 11.4 Å². The fourth-order valence-electron chi connectivity index (χ4n) is 2.12. The van der Waals surface area contributed by atoms with Crippen LogP contribution in [0.2, 0.25) is 0 Å². The molecule has 0 fully saturated rings. The van der Waals surface area contributed by atoms with Gasteiger partial charge in [-0.2, -0.15) is 0 Å². The Hall–Kier alpha value is -3.00. The summed E-state index contributed by atoms with van der Waals surface area (Å²) < 4.78 is 0. The van der Waals surface area contributed by atoms with Crippen LogP contribution in [0.3, 0.4) is 0 Å². The highest BCUT2D eigenvalue weighted by molar-refractivity contribution is 7.14. The molecule has 8 heteroatoms. The van der Waals surface area contributed by atoms with Gasteiger partial charge >= 0.3 is 0 Å². The third-order valence-electron chi connectivity index (χ3n) is 3.16. The Morgan fingerprint density at radius 1 is 1.30 bits per heavy atom. The van der Waals surface area contributed by atoms with Gasteiger partial charge in [-0.15, -0.1) is 11.3 Å². The van der Waals surface area contributed by atoms with Crippen molar-refractivity contribution < 1.29 is 9.72 Å². The zero-order valence-corrected chi connectivity index (χ0v) is 12.7. The van der Waals surface area contributed by atoms with Crippen LogP contribution in [0.25, 0.3) is 11.4 Å². The van der Waals surface area contributed by atoms with Gasteiger partial charge in [0.05, 0.1) is 22.7 Å². The van der Waals surface area contributed by atoms with E-state index in [0.29, 0.717) is 10.7 Å². The smallest absolute Gasteiger partial charge is 0.273 e. The molecule has 7 nitrogen and oxygen atoms in total. The molecule has 3 aromatic rings. The molecule has 23 heavy (non-hydrogen) atoms. The highest BCUT2D eigenvalue weighted by atomic mass is 32.1. The molecule has 0 aliphatic carbocycles. The van der Waals surface area contributed by atoms with E-state index in [9.17, 15) is 14.9 Å². The fourth-order valence-corrected chi connectivity index (χ4v) is 2.85. The Morgan fingerprint density at radius 3 is 2.87 bits per heavy atom. The molecule has 0 saturated heterocycles. The molecular weight excluding hydrogens is 316 g/mol. The number of rotatable bonds is 5. The van der Waals surface area contributed by atoms with Gasteiger partial charge in [0, 0.05) is 23.2 Å². The number of thiazole rings is 1. The lowest BCUT2D eigenvalue weighted by molar-refractivity contribution is -0.385. The minimum atomic E-state index is -0.491. The molecule has 0 unspecified atom stereocenters. The average Bonchev–Trinajstić information content (AvgIpc) is 3.18. The summed E-state index contributed by atoms with van der Waals surface area (Å²) in [6.07, 6.45) is 1.72. The number of benzene rings is 1. The number of hydrogen-bond acceptors (Lipinski definition) is 5. The van der Waals surface area contributed by atoms with Crippen LogP contribution in [0, 0.1) is 10.1 Å². The second-order valence-corrected chi connectivity index (χ2v) is 5.59. The molecule has 2 heterocycles. The highest BCUT2D eigenvalue weighted by Gasteiger charge is 2.16. The lowest BCUT2D eigenvalue weighted by Crippen LogP contribution is -2.15. The van der Waals surface area contributed by atoms with Gasteiger partial charge in [-0.1, -0.05) is 18.2 Å². The van der Waals surface area contributed by atoms with E-state index in [1.807, 2.05) is 17.5 Å². The van der Waals surface area contributed by atoms with Crippen LogP contribution in [0.1, 0.15) is 5.56 Å². The number of nitrogens with one attached hydrogen (secondary N) is 2. The van der Waals surface area contributed by atoms with Crippen molar-refractivity contribution in [3.63, 3.8) is 0 Å². The third-order valence-corrected chi connectivity index (χ3v) is 3.92. The number of nitrogens with zero attached hydrogens (tertiary/aromatic N) is 2. The summed E-state index contributed by atoms with van der Waals surface area (Å²) in [4.78, 5) is 29.9. The number of nitro benzene ring substituents is 1. The molecule has 0 spiro atoms. The SMILES string of the molecule is O=C(Cc1ccccc1[N+](=O)[O-])Nc1nc(-c2ccc[nH]2)cs1. The van der Waals surface area contributed by atoms with E-state index >= 15 is 0 Å². The van der Waals surface area contributed by atoms with Gasteiger partial charge in [-0.3, -0.25) is 14.9 Å². The topological polar surface area (TPSA) is 101 Å². The maximum atomic E-state index is 12.1. The first-order valence-electron chi connectivity index (χ1n) is 6.75. The number of nitro groups is 1. The molecule has 116 valence electrons. The Balaban J connectivity index is 1.70. The van der Waals surface area contributed by atoms with E-state index in [-0.39, 0.29) is 18.0 Å². The normalized spacial score (nSPS) is 10.4. The monoisotopic (exact) mass is 328 g/mol. The summed E-state index contributed by atoms with van der Waals surface area (Å²) in [5, 5.41) is 15.9. The van der Waals surface area contributed by atoms with Crippen molar-refractivity contribution >= 4 is 28.1 Å². The van der Waals surface area contributed by atoms with Gasteiger partial charge in [0.25, 0.3) is 5.69 Å². The van der Waals surface area contributed by atoms with Gasteiger partial charge in [0.1, 0.15) is 0 Å². The molecule has 2 N–H and O–H groups in total. The van der Waals surface area contributed by atoms with Gasteiger partial charge in [-0.05, 0) is 12.1 Å². The quantitative estimate of drug-likeness (QED) is 0.554.